The van der Waals surface area contributed by atoms with Crippen molar-refractivity contribution in [1.29, 1.82) is 0 Å². The second-order valence-corrected chi connectivity index (χ2v) is 7.16. The molecule has 0 unspecified atom stereocenters. The smallest absolute Gasteiger partial charge is 0.322 e. The zero-order valence-electron chi connectivity index (χ0n) is 17.7. The number of aromatic nitrogens is 3. The van der Waals surface area contributed by atoms with Gasteiger partial charge in [-0.15, -0.1) is 0 Å². The molecule has 3 aromatic rings. The fourth-order valence-electron chi connectivity index (χ4n) is 3.73. The van der Waals surface area contributed by atoms with Crippen LogP contribution in [0.5, 0.6) is 5.75 Å². The molecule has 0 bridgehead atoms. The van der Waals surface area contributed by atoms with Gasteiger partial charge in [-0.25, -0.2) is 14.8 Å². The highest BCUT2D eigenvalue weighted by Crippen LogP contribution is 2.24. The number of benzene rings is 1. The first-order chi connectivity index (χ1) is 15.1. The molecule has 1 aliphatic heterocycles. The molecule has 9 heteroatoms. The van der Waals surface area contributed by atoms with Crippen molar-refractivity contribution in [2.45, 2.75) is 20.4 Å². The monoisotopic (exact) mass is 422 g/mol. The van der Waals surface area contributed by atoms with Crippen molar-refractivity contribution in [1.82, 2.24) is 19.4 Å². The van der Waals surface area contributed by atoms with E-state index in [1.807, 2.05) is 55.1 Å². The number of amides is 2. The number of anilines is 2. The van der Waals surface area contributed by atoms with Gasteiger partial charge < -0.3 is 19.9 Å². The topological polar surface area (TPSA) is 92.6 Å². The summed E-state index contributed by atoms with van der Waals surface area (Å²) in [6, 6.07) is 10.9. The Hall–Kier alpha value is -3.62. The van der Waals surface area contributed by atoms with Gasteiger partial charge in [0.2, 0.25) is 0 Å². The molecular formula is C22H26N6O3. The lowest BCUT2D eigenvalue weighted by molar-refractivity contribution is 0.208. The average Bonchev–Trinajstić information content (AvgIpc) is 2.80. The molecule has 0 saturated carbocycles. The number of rotatable bonds is 5. The van der Waals surface area contributed by atoms with Crippen molar-refractivity contribution in [2.75, 3.05) is 43.0 Å². The van der Waals surface area contributed by atoms with Gasteiger partial charge in [-0.2, -0.15) is 0 Å². The van der Waals surface area contributed by atoms with Crippen LogP contribution in [0.4, 0.5) is 16.3 Å². The third kappa shape index (κ3) is 4.16. The van der Waals surface area contributed by atoms with E-state index in [2.05, 4.69) is 15.3 Å². The highest BCUT2D eigenvalue weighted by Gasteiger charge is 2.25. The van der Waals surface area contributed by atoms with E-state index in [-0.39, 0.29) is 11.6 Å². The van der Waals surface area contributed by atoms with E-state index in [0.717, 1.165) is 0 Å². The van der Waals surface area contributed by atoms with Gasteiger partial charge in [-0.1, -0.05) is 12.1 Å². The van der Waals surface area contributed by atoms with E-state index in [1.165, 1.54) is 0 Å². The molecule has 2 amide bonds. The lowest BCUT2D eigenvalue weighted by Crippen LogP contribution is -2.51. The largest absolute Gasteiger partial charge is 0.492 e. The van der Waals surface area contributed by atoms with Crippen LogP contribution >= 0.6 is 0 Å². The Kier molecular flexibility index (Phi) is 6.01. The number of aryl methyl sites for hydroxylation is 1. The van der Waals surface area contributed by atoms with Crippen LogP contribution in [-0.2, 0) is 6.54 Å². The Morgan fingerprint density at radius 1 is 1.10 bits per heavy atom. The first-order valence-electron chi connectivity index (χ1n) is 10.5. The number of urea groups is 1. The van der Waals surface area contributed by atoms with E-state index < -0.39 is 0 Å². The van der Waals surface area contributed by atoms with E-state index in [4.69, 9.17) is 4.74 Å². The van der Waals surface area contributed by atoms with Crippen LogP contribution < -0.4 is 20.5 Å². The molecule has 0 radical (unpaired) electrons. The van der Waals surface area contributed by atoms with Crippen LogP contribution in [-0.4, -0.2) is 58.3 Å². The lowest BCUT2D eigenvalue weighted by atomic mass is 10.3. The zero-order valence-corrected chi connectivity index (χ0v) is 17.7. The van der Waals surface area contributed by atoms with E-state index in [9.17, 15) is 9.59 Å². The van der Waals surface area contributed by atoms with Gasteiger partial charge in [0.05, 0.1) is 12.3 Å². The van der Waals surface area contributed by atoms with Gasteiger partial charge in [0, 0.05) is 38.9 Å². The van der Waals surface area contributed by atoms with Gasteiger partial charge in [-0.05, 0) is 38.1 Å². The number of nitrogens with zero attached hydrogens (tertiary/aromatic N) is 5. The first kappa shape index (κ1) is 20.6. The quantitative estimate of drug-likeness (QED) is 0.679. The molecule has 162 valence electrons. The van der Waals surface area contributed by atoms with Crippen LogP contribution in [0.1, 0.15) is 13.8 Å². The molecule has 0 spiro atoms. The number of hydrogen-bond donors (Lipinski definition) is 1. The second-order valence-electron chi connectivity index (χ2n) is 7.16. The van der Waals surface area contributed by atoms with Crippen molar-refractivity contribution in [3.63, 3.8) is 0 Å². The molecule has 0 atom stereocenters. The maximum atomic E-state index is 13.0. The SMILES string of the molecule is CCOc1ccccc1NC(=O)N1CCN(c2nc3cccnc3n(CC)c2=O)CC1. The number of ether oxygens (including phenoxy) is 1. The van der Waals surface area contributed by atoms with Crippen LogP contribution in [0.15, 0.2) is 47.4 Å². The fourth-order valence-corrected chi connectivity index (χ4v) is 3.73. The van der Waals surface area contributed by atoms with Crippen molar-refractivity contribution >= 4 is 28.7 Å². The summed E-state index contributed by atoms with van der Waals surface area (Å²) in [5.41, 5.74) is 1.76. The molecule has 0 aliphatic carbocycles. The number of para-hydroxylation sites is 2. The minimum atomic E-state index is -0.187. The number of carbonyl (C=O) groups excluding carboxylic acids is 1. The molecular weight excluding hydrogens is 396 g/mol. The predicted octanol–water partition coefficient (Wildman–Crippen LogP) is 2.56. The summed E-state index contributed by atoms with van der Waals surface area (Å²) in [4.78, 5) is 38.3. The maximum absolute atomic E-state index is 13.0. The molecule has 9 nitrogen and oxygen atoms in total. The standard InChI is InChI=1S/C22H26N6O3/c1-3-28-19-17(9-7-11-23-19)24-20(21(28)29)26-12-14-27(15-13-26)22(30)25-16-8-5-6-10-18(16)31-4-2/h5-11H,3-4,12-15H2,1-2H3,(H,25,30). The highest BCUT2D eigenvalue weighted by molar-refractivity contribution is 5.91. The summed E-state index contributed by atoms with van der Waals surface area (Å²) in [6.45, 7) is 6.89. The van der Waals surface area contributed by atoms with Gasteiger partial charge in [0.25, 0.3) is 5.56 Å². The summed E-state index contributed by atoms with van der Waals surface area (Å²) >= 11 is 0. The molecule has 1 saturated heterocycles. The number of pyridine rings is 1. The van der Waals surface area contributed by atoms with Gasteiger partial charge in [-0.3, -0.25) is 9.36 Å². The average molecular weight is 422 g/mol. The van der Waals surface area contributed by atoms with Gasteiger partial charge in [0.1, 0.15) is 11.3 Å². The van der Waals surface area contributed by atoms with Crippen LogP contribution in [0.25, 0.3) is 11.2 Å². The Labute approximate surface area is 180 Å². The van der Waals surface area contributed by atoms with Crippen molar-refractivity contribution in [2.24, 2.45) is 0 Å². The zero-order chi connectivity index (χ0) is 21.8. The minimum absolute atomic E-state index is 0.155. The molecule has 1 aromatic carbocycles. The Bertz CT molecular complexity index is 1140. The van der Waals surface area contributed by atoms with Crippen molar-refractivity contribution in [3.8, 4) is 5.75 Å². The molecule has 1 aliphatic rings. The Morgan fingerprint density at radius 3 is 2.61 bits per heavy atom. The molecule has 1 N–H and O–H groups in total. The summed E-state index contributed by atoms with van der Waals surface area (Å²) in [7, 11) is 0. The third-order valence-corrected chi connectivity index (χ3v) is 5.30. The molecule has 1 fully saturated rings. The summed E-state index contributed by atoms with van der Waals surface area (Å²) in [5, 5.41) is 2.93. The number of piperazine rings is 1. The van der Waals surface area contributed by atoms with Gasteiger partial charge >= 0.3 is 6.03 Å². The van der Waals surface area contributed by atoms with Crippen molar-refractivity contribution in [3.05, 3.63) is 52.9 Å². The van der Waals surface area contributed by atoms with Crippen LogP contribution in [0.2, 0.25) is 0 Å². The summed E-state index contributed by atoms with van der Waals surface area (Å²) in [6.07, 6.45) is 1.66. The molecule has 31 heavy (non-hydrogen) atoms. The number of carbonyl (C=O) groups is 1. The predicted molar refractivity (Wildman–Crippen MR) is 120 cm³/mol. The highest BCUT2D eigenvalue weighted by atomic mass is 16.5. The minimum Gasteiger partial charge on any atom is -0.492 e. The molecule has 3 heterocycles. The second kappa shape index (κ2) is 9.03. The van der Waals surface area contributed by atoms with Crippen molar-refractivity contribution < 1.29 is 9.53 Å². The van der Waals surface area contributed by atoms with Crippen LogP contribution in [0, 0.1) is 0 Å². The normalized spacial score (nSPS) is 14.0. The maximum Gasteiger partial charge on any atom is 0.322 e. The molecule has 2 aromatic heterocycles. The first-order valence-corrected chi connectivity index (χ1v) is 10.5. The fraction of sp³-hybridized carbons (Fsp3) is 0.364. The number of fused-ring (bicyclic) bond motifs is 1. The van der Waals surface area contributed by atoms with E-state index in [0.29, 0.717) is 67.7 Å². The Balaban J connectivity index is 1.47. The Morgan fingerprint density at radius 2 is 1.87 bits per heavy atom. The van der Waals surface area contributed by atoms with E-state index >= 15 is 0 Å². The van der Waals surface area contributed by atoms with Crippen LogP contribution in [0.3, 0.4) is 0 Å². The third-order valence-electron chi connectivity index (χ3n) is 5.30. The van der Waals surface area contributed by atoms with E-state index in [1.54, 1.807) is 15.7 Å². The lowest BCUT2D eigenvalue weighted by Gasteiger charge is -2.35. The molecule has 4 rings (SSSR count). The number of hydrogen-bond acceptors (Lipinski definition) is 6. The summed E-state index contributed by atoms with van der Waals surface area (Å²) in [5.74, 6) is 1.05. The number of nitrogens with one attached hydrogen (secondary N) is 1. The summed E-state index contributed by atoms with van der Waals surface area (Å²) < 4.78 is 7.22. The van der Waals surface area contributed by atoms with Gasteiger partial charge in [0.15, 0.2) is 11.5 Å².